The molecule has 1 aliphatic carbocycles. The standard InChI is InChI=1S/C9H17N3O2/c10-5-3-8(13)11-6-4-9(14)12-7-1-2-7/h7H,1-6,10H2,(H,11,13)(H,12,14). The van der Waals surface area contributed by atoms with E-state index < -0.39 is 0 Å². The monoisotopic (exact) mass is 199 g/mol. The maximum Gasteiger partial charge on any atom is 0.221 e. The Labute approximate surface area is 83.4 Å². The van der Waals surface area contributed by atoms with Crippen molar-refractivity contribution in [2.24, 2.45) is 5.73 Å². The van der Waals surface area contributed by atoms with Gasteiger partial charge in [0.2, 0.25) is 11.8 Å². The summed E-state index contributed by atoms with van der Waals surface area (Å²) in [5.74, 6) is -0.0766. The molecule has 2 amide bonds. The fourth-order valence-corrected chi connectivity index (χ4v) is 1.06. The lowest BCUT2D eigenvalue weighted by Crippen LogP contribution is -2.32. The molecule has 0 aliphatic heterocycles. The van der Waals surface area contributed by atoms with Crippen LogP contribution in [0.25, 0.3) is 0 Å². The van der Waals surface area contributed by atoms with E-state index >= 15 is 0 Å². The van der Waals surface area contributed by atoms with Gasteiger partial charge in [0, 0.05) is 32.0 Å². The van der Waals surface area contributed by atoms with E-state index in [-0.39, 0.29) is 11.8 Å². The Kier molecular flexibility index (Phi) is 4.39. The van der Waals surface area contributed by atoms with E-state index in [1.165, 1.54) is 0 Å². The van der Waals surface area contributed by atoms with Crippen molar-refractivity contribution in [2.45, 2.75) is 31.7 Å². The van der Waals surface area contributed by atoms with Crippen LogP contribution in [0.4, 0.5) is 0 Å². The summed E-state index contributed by atoms with van der Waals surface area (Å²) >= 11 is 0. The van der Waals surface area contributed by atoms with Crippen molar-refractivity contribution in [1.82, 2.24) is 10.6 Å². The molecule has 0 aromatic heterocycles. The fourth-order valence-electron chi connectivity index (χ4n) is 1.06. The molecule has 1 aliphatic rings. The molecular weight excluding hydrogens is 182 g/mol. The first-order valence-electron chi connectivity index (χ1n) is 4.98. The van der Waals surface area contributed by atoms with Crippen LogP contribution in [-0.2, 0) is 9.59 Å². The summed E-state index contributed by atoms with van der Waals surface area (Å²) < 4.78 is 0. The average Bonchev–Trinajstić information content (AvgIpc) is 2.88. The Morgan fingerprint density at radius 3 is 2.50 bits per heavy atom. The molecule has 4 N–H and O–H groups in total. The van der Waals surface area contributed by atoms with Crippen LogP contribution in [0.3, 0.4) is 0 Å². The lowest BCUT2D eigenvalue weighted by molar-refractivity contribution is -0.122. The molecule has 0 bridgehead atoms. The van der Waals surface area contributed by atoms with Gasteiger partial charge in [0.1, 0.15) is 0 Å². The van der Waals surface area contributed by atoms with Crippen molar-refractivity contribution >= 4 is 11.8 Å². The van der Waals surface area contributed by atoms with E-state index in [4.69, 9.17) is 5.73 Å². The van der Waals surface area contributed by atoms with Crippen LogP contribution in [-0.4, -0.2) is 30.9 Å². The molecule has 5 heteroatoms. The first-order valence-corrected chi connectivity index (χ1v) is 4.98. The molecule has 14 heavy (non-hydrogen) atoms. The first kappa shape index (κ1) is 11.0. The number of rotatable bonds is 6. The second kappa shape index (κ2) is 5.59. The molecule has 0 saturated heterocycles. The molecule has 5 nitrogen and oxygen atoms in total. The zero-order valence-corrected chi connectivity index (χ0v) is 8.21. The van der Waals surface area contributed by atoms with Gasteiger partial charge < -0.3 is 16.4 Å². The third-order valence-corrected chi connectivity index (χ3v) is 1.99. The third-order valence-electron chi connectivity index (χ3n) is 1.99. The van der Waals surface area contributed by atoms with Crippen LogP contribution in [0.1, 0.15) is 25.7 Å². The van der Waals surface area contributed by atoms with Gasteiger partial charge in [-0.15, -0.1) is 0 Å². The van der Waals surface area contributed by atoms with E-state index in [9.17, 15) is 9.59 Å². The molecule has 0 spiro atoms. The molecule has 0 radical (unpaired) electrons. The van der Waals surface area contributed by atoms with Crippen LogP contribution in [0.2, 0.25) is 0 Å². The van der Waals surface area contributed by atoms with E-state index in [1.54, 1.807) is 0 Å². The van der Waals surface area contributed by atoms with E-state index in [1.807, 2.05) is 0 Å². The third kappa shape index (κ3) is 4.81. The highest BCUT2D eigenvalue weighted by molar-refractivity contribution is 5.79. The Bertz CT molecular complexity index is 214. The Balaban J connectivity index is 1.96. The van der Waals surface area contributed by atoms with Gasteiger partial charge in [-0.2, -0.15) is 0 Å². The van der Waals surface area contributed by atoms with Crippen molar-refractivity contribution in [1.29, 1.82) is 0 Å². The van der Waals surface area contributed by atoms with Gasteiger partial charge in [0.15, 0.2) is 0 Å². The average molecular weight is 199 g/mol. The van der Waals surface area contributed by atoms with Crippen LogP contribution >= 0.6 is 0 Å². The van der Waals surface area contributed by atoms with Crippen LogP contribution in [0.15, 0.2) is 0 Å². The highest BCUT2D eigenvalue weighted by Gasteiger charge is 2.22. The van der Waals surface area contributed by atoms with Crippen molar-refractivity contribution in [3.8, 4) is 0 Å². The SMILES string of the molecule is NCCC(=O)NCCC(=O)NC1CC1. The highest BCUT2D eigenvalue weighted by Crippen LogP contribution is 2.18. The predicted octanol–water partition coefficient (Wildman–Crippen LogP) is -0.880. The Morgan fingerprint density at radius 2 is 1.93 bits per heavy atom. The number of carbonyl (C=O) groups is 2. The van der Waals surface area contributed by atoms with Crippen LogP contribution in [0, 0.1) is 0 Å². The van der Waals surface area contributed by atoms with Crippen molar-refractivity contribution in [2.75, 3.05) is 13.1 Å². The van der Waals surface area contributed by atoms with Gasteiger partial charge in [-0.25, -0.2) is 0 Å². The van der Waals surface area contributed by atoms with Gasteiger partial charge in [-0.05, 0) is 12.8 Å². The number of nitrogens with two attached hydrogens (primary N) is 1. The zero-order chi connectivity index (χ0) is 10.4. The topological polar surface area (TPSA) is 84.2 Å². The van der Waals surface area contributed by atoms with Gasteiger partial charge in [-0.3, -0.25) is 9.59 Å². The first-order chi connectivity index (χ1) is 6.72. The predicted molar refractivity (Wildman–Crippen MR) is 52.5 cm³/mol. The Hall–Kier alpha value is -1.10. The van der Waals surface area contributed by atoms with Crippen LogP contribution in [0.5, 0.6) is 0 Å². The summed E-state index contributed by atoms with van der Waals surface area (Å²) in [6, 6.07) is 0.391. The lowest BCUT2D eigenvalue weighted by Gasteiger charge is -2.04. The summed E-state index contributed by atoms with van der Waals surface area (Å²) in [4.78, 5) is 22.1. The lowest BCUT2D eigenvalue weighted by atomic mass is 10.3. The second-order valence-electron chi connectivity index (χ2n) is 3.48. The minimum atomic E-state index is -0.0910. The van der Waals surface area contributed by atoms with Crippen molar-refractivity contribution in [3.05, 3.63) is 0 Å². The second-order valence-corrected chi connectivity index (χ2v) is 3.48. The molecular formula is C9H17N3O2. The van der Waals surface area contributed by atoms with Gasteiger partial charge in [0.25, 0.3) is 0 Å². The Morgan fingerprint density at radius 1 is 1.21 bits per heavy atom. The van der Waals surface area contributed by atoms with Gasteiger partial charge in [-0.1, -0.05) is 0 Å². The summed E-state index contributed by atoms with van der Waals surface area (Å²) in [6.07, 6.45) is 2.85. The molecule has 80 valence electrons. The molecule has 1 fully saturated rings. The number of hydrogen-bond acceptors (Lipinski definition) is 3. The summed E-state index contributed by atoms with van der Waals surface area (Å²) in [6.45, 7) is 0.748. The molecule has 1 saturated carbocycles. The molecule has 0 aromatic carbocycles. The number of amides is 2. The largest absolute Gasteiger partial charge is 0.356 e. The van der Waals surface area contributed by atoms with Gasteiger partial charge >= 0.3 is 0 Å². The number of hydrogen-bond donors (Lipinski definition) is 3. The maximum atomic E-state index is 11.1. The smallest absolute Gasteiger partial charge is 0.221 e. The molecule has 0 unspecified atom stereocenters. The quantitative estimate of drug-likeness (QED) is 0.519. The van der Waals surface area contributed by atoms with E-state index in [2.05, 4.69) is 10.6 Å². The van der Waals surface area contributed by atoms with Gasteiger partial charge in [0.05, 0.1) is 0 Å². The summed E-state index contributed by atoms with van der Waals surface area (Å²) in [5.41, 5.74) is 5.20. The van der Waals surface area contributed by atoms with E-state index in [0.717, 1.165) is 12.8 Å². The number of nitrogens with one attached hydrogen (secondary N) is 2. The van der Waals surface area contributed by atoms with Crippen molar-refractivity contribution < 1.29 is 9.59 Å². The molecule has 0 aromatic rings. The number of carbonyl (C=O) groups excluding carboxylic acids is 2. The van der Waals surface area contributed by atoms with Crippen molar-refractivity contribution in [3.63, 3.8) is 0 Å². The minimum Gasteiger partial charge on any atom is -0.356 e. The van der Waals surface area contributed by atoms with E-state index in [0.29, 0.717) is 32.0 Å². The molecule has 0 heterocycles. The fraction of sp³-hybridized carbons (Fsp3) is 0.778. The highest BCUT2D eigenvalue weighted by atomic mass is 16.2. The summed E-state index contributed by atoms with van der Waals surface area (Å²) in [7, 11) is 0. The molecule has 0 atom stereocenters. The van der Waals surface area contributed by atoms with Crippen LogP contribution < -0.4 is 16.4 Å². The normalized spacial score (nSPS) is 14.9. The molecule has 1 rings (SSSR count). The minimum absolute atomic E-state index is 0.0144. The zero-order valence-electron chi connectivity index (χ0n) is 8.21. The summed E-state index contributed by atoms with van der Waals surface area (Å²) in [5, 5.41) is 5.47. The maximum absolute atomic E-state index is 11.1.